The third-order valence-electron chi connectivity index (χ3n) is 6.75. The van der Waals surface area contributed by atoms with Crippen molar-refractivity contribution in [1.82, 2.24) is 0 Å². The number of rotatable bonds is 4. The molecule has 0 radical (unpaired) electrons. The normalized spacial score (nSPS) is 40.9. The van der Waals surface area contributed by atoms with Gasteiger partial charge in [0.2, 0.25) is 0 Å². The molecule has 4 aliphatic carbocycles. The van der Waals surface area contributed by atoms with Gasteiger partial charge in [-0.15, -0.1) is 0 Å². The van der Waals surface area contributed by atoms with Gasteiger partial charge in [0.1, 0.15) is 9.02 Å². The molecule has 0 heterocycles. The Balaban J connectivity index is 1.80. The van der Waals surface area contributed by atoms with Crippen molar-refractivity contribution in [2.45, 2.75) is 81.7 Å². The van der Waals surface area contributed by atoms with Crippen LogP contribution in [-0.2, 0) is 9.53 Å². The largest absolute Gasteiger partial charge is 0.458 e. The van der Waals surface area contributed by atoms with Crippen LogP contribution in [0.25, 0.3) is 0 Å². The first-order valence-corrected chi connectivity index (χ1v) is 9.68. The molecule has 0 aromatic carbocycles. The fourth-order valence-corrected chi connectivity index (χ4v) is 5.55. The Morgan fingerprint density at radius 2 is 1.52 bits per heavy atom. The van der Waals surface area contributed by atoms with Gasteiger partial charge in [-0.1, -0.05) is 29.5 Å². The maximum atomic E-state index is 12.6. The molecule has 3 heteroatoms. The van der Waals surface area contributed by atoms with Gasteiger partial charge in [-0.2, -0.15) is 0 Å². The Morgan fingerprint density at radius 3 is 1.90 bits per heavy atom. The Hall–Kier alpha value is 0.200. The van der Waals surface area contributed by atoms with E-state index in [0.717, 1.165) is 24.2 Å². The second kappa shape index (κ2) is 5.10. The zero-order valence-electron chi connectivity index (χ0n) is 13.9. The van der Waals surface area contributed by atoms with Crippen LogP contribution in [0.5, 0.6) is 0 Å². The number of ether oxygens (including phenoxy) is 1. The minimum Gasteiger partial charge on any atom is -0.458 e. The van der Waals surface area contributed by atoms with Crippen LogP contribution in [0.15, 0.2) is 0 Å². The van der Waals surface area contributed by atoms with E-state index < -0.39 is 3.42 Å². The van der Waals surface area contributed by atoms with Crippen molar-refractivity contribution in [3.8, 4) is 0 Å². The molecule has 2 nitrogen and oxygen atoms in total. The molecule has 120 valence electrons. The summed E-state index contributed by atoms with van der Waals surface area (Å²) in [5, 5.41) is 0. The van der Waals surface area contributed by atoms with Crippen LogP contribution in [0.2, 0.25) is 0 Å². The fourth-order valence-electron chi connectivity index (χ4n) is 5.44. The van der Waals surface area contributed by atoms with Crippen LogP contribution in [-0.4, -0.2) is 15.0 Å². The first-order chi connectivity index (χ1) is 9.67. The van der Waals surface area contributed by atoms with Crippen molar-refractivity contribution < 1.29 is 9.53 Å². The van der Waals surface area contributed by atoms with Crippen LogP contribution in [0.4, 0.5) is 0 Å². The third-order valence-corrected chi connectivity index (χ3v) is 7.96. The molecule has 21 heavy (non-hydrogen) atoms. The lowest BCUT2D eigenvalue weighted by molar-refractivity contribution is -0.200. The summed E-state index contributed by atoms with van der Waals surface area (Å²) in [6, 6.07) is 0. The monoisotopic (exact) mass is 404 g/mol. The summed E-state index contributed by atoms with van der Waals surface area (Å²) in [5.74, 6) is 2.66. The van der Waals surface area contributed by atoms with Gasteiger partial charge in [0, 0.05) is 5.41 Å². The smallest absolute Gasteiger partial charge is 0.322 e. The van der Waals surface area contributed by atoms with E-state index in [9.17, 15) is 4.79 Å². The molecule has 4 aliphatic rings. The standard InChI is InChI=1S/C18H29IO2/c1-5-17(4,19)15(20)21-16(2,3)18-9-12-6-13(10-18)8-14(7-12)11-18/h12-14H,5-11H2,1-4H3. The van der Waals surface area contributed by atoms with Gasteiger partial charge < -0.3 is 4.74 Å². The summed E-state index contributed by atoms with van der Waals surface area (Å²) in [6.45, 7) is 8.41. The number of alkyl halides is 1. The highest BCUT2D eigenvalue weighted by atomic mass is 127. The first kappa shape index (κ1) is 16.1. The molecule has 4 fully saturated rings. The van der Waals surface area contributed by atoms with Gasteiger partial charge in [-0.05, 0) is 83.5 Å². The van der Waals surface area contributed by atoms with Crippen LogP contribution in [0.1, 0.15) is 72.6 Å². The van der Waals surface area contributed by atoms with E-state index in [0.29, 0.717) is 0 Å². The SMILES string of the molecule is CCC(C)(I)C(=O)OC(C)(C)C12CC3CC(CC(C3)C1)C2. The number of halogens is 1. The van der Waals surface area contributed by atoms with Crippen LogP contribution < -0.4 is 0 Å². The molecule has 0 aliphatic heterocycles. The van der Waals surface area contributed by atoms with Crippen molar-refractivity contribution in [3.63, 3.8) is 0 Å². The minimum atomic E-state index is -0.392. The lowest BCUT2D eigenvalue weighted by Crippen LogP contribution is -2.58. The van der Waals surface area contributed by atoms with Crippen LogP contribution >= 0.6 is 22.6 Å². The molecule has 0 aromatic rings. The summed E-state index contributed by atoms with van der Waals surface area (Å²) in [5.41, 5.74) is -0.0699. The van der Waals surface area contributed by atoms with E-state index >= 15 is 0 Å². The molecule has 0 saturated heterocycles. The molecule has 0 N–H and O–H groups in total. The van der Waals surface area contributed by atoms with Crippen molar-refractivity contribution in [3.05, 3.63) is 0 Å². The molecule has 4 bridgehead atoms. The zero-order valence-corrected chi connectivity index (χ0v) is 16.0. The summed E-state index contributed by atoms with van der Waals surface area (Å²) >= 11 is 2.25. The van der Waals surface area contributed by atoms with E-state index in [1.165, 1.54) is 38.5 Å². The Morgan fingerprint density at radius 1 is 1.10 bits per heavy atom. The lowest BCUT2D eigenvalue weighted by Gasteiger charge is -2.61. The minimum absolute atomic E-state index is 0.0219. The fraction of sp³-hybridized carbons (Fsp3) is 0.944. The molecule has 0 aromatic heterocycles. The van der Waals surface area contributed by atoms with Crippen LogP contribution in [0.3, 0.4) is 0 Å². The molecule has 1 atom stereocenters. The second-order valence-electron chi connectivity index (χ2n) is 8.65. The summed E-state index contributed by atoms with van der Waals surface area (Å²) in [7, 11) is 0. The maximum Gasteiger partial charge on any atom is 0.322 e. The average Bonchev–Trinajstić information content (AvgIpc) is 2.36. The predicted molar refractivity (Wildman–Crippen MR) is 93.5 cm³/mol. The molecule has 0 amide bonds. The zero-order chi connectivity index (χ0) is 15.5. The van der Waals surface area contributed by atoms with E-state index in [4.69, 9.17) is 4.74 Å². The predicted octanol–water partition coefficient (Wildman–Crippen LogP) is 5.13. The van der Waals surface area contributed by atoms with E-state index in [1.54, 1.807) is 0 Å². The van der Waals surface area contributed by atoms with Crippen molar-refractivity contribution in [2.24, 2.45) is 23.2 Å². The molecule has 4 rings (SSSR count). The topological polar surface area (TPSA) is 26.3 Å². The summed E-state index contributed by atoms with van der Waals surface area (Å²) in [6.07, 6.45) is 8.96. The van der Waals surface area contributed by atoms with Gasteiger partial charge in [0.25, 0.3) is 0 Å². The molecule has 4 saturated carbocycles. The quantitative estimate of drug-likeness (QED) is 0.369. The van der Waals surface area contributed by atoms with Gasteiger partial charge in [0.05, 0.1) is 0 Å². The maximum absolute atomic E-state index is 12.6. The highest BCUT2D eigenvalue weighted by molar-refractivity contribution is 14.1. The average molecular weight is 404 g/mol. The van der Waals surface area contributed by atoms with Gasteiger partial charge in [-0.25, -0.2) is 0 Å². The first-order valence-electron chi connectivity index (χ1n) is 8.60. The van der Waals surface area contributed by atoms with E-state index in [2.05, 4.69) is 43.4 Å². The highest BCUT2D eigenvalue weighted by Crippen LogP contribution is 2.64. The van der Waals surface area contributed by atoms with E-state index in [-0.39, 0.29) is 17.0 Å². The van der Waals surface area contributed by atoms with Crippen molar-refractivity contribution in [2.75, 3.05) is 0 Å². The third kappa shape index (κ3) is 2.66. The Labute approximate surface area is 142 Å². The van der Waals surface area contributed by atoms with Crippen LogP contribution in [0, 0.1) is 23.2 Å². The highest BCUT2D eigenvalue weighted by Gasteiger charge is 2.59. The molecule has 0 spiro atoms. The summed E-state index contributed by atoms with van der Waals surface area (Å²) in [4.78, 5) is 12.6. The Kier molecular flexibility index (Phi) is 3.91. The second-order valence-corrected chi connectivity index (χ2v) is 11.0. The number of hydrogen-bond donors (Lipinski definition) is 0. The Bertz CT molecular complexity index is 403. The molecular formula is C18H29IO2. The van der Waals surface area contributed by atoms with Crippen molar-refractivity contribution in [1.29, 1.82) is 0 Å². The van der Waals surface area contributed by atoms with Crippen molar-refractivity contribution >= 4 is 28.6 Å². The number of hydrogen-bond acceptors (Lipinski definition) is 2. The van der Waals surface area contributed by atoms with Gasteiger partial charge in [-0.3, -0.25) is 4.79 Å². The number of carbonyl (C=O) groups is 1. The number of esters is 1. The van der Waals surface area contributed by atoms with Gasteiger partial charge >= 0.3 is 5.97 Å². The van der Waals surface area contributed by atoms with E-state index in [1.807, 2.05) is 6.92 Å². The lowest BCUT2D eigenvalue weighted by atomic mass is 9.46. The molecule has 1 unspecified atom stereocenters. The molecular weight excluding hydrogens is 375 g/mol. The van der Waals surface area contributed by atoms with Gasteiger partial charge in [0.15, 0.2) is 0 Å². The number of carbonyl (C=O) groups excluding carboxylic acids is 1. The summed E-state index contributed by atoms with van der Waals surface area (Å²) < 4.78 is 5.74.